The van der Waals surface area contributed by atoms with Gasteiger partial charge in [0.2, 0.25) is 0 Å². The molecule has 0 fully saturated rings. The average molecular weight is 368 g/mol. The van der Waals surface area contributed by atoms with E-state index in [0.717, 1.165) is 29.5 Å². The number of rotatable bonds is 8. The van der Waals surface area contributed by atoms with Crippen LogP contribution in [0.5, 0.6) is 17.2 Å². The van der Waals surface area contributed by atoms with Gasteiger partial charge in [0.15, 0.2) is 0 Å². The van der Waals surface area contributed by atoms with Gasteiger partial charge >= 0.3 is 5.63 Å². The molecule has 0 saturated carbocycles. The van der Waals surface area contributed by atoms with Crippen LogP contribution >= 0.6 is 0 Å². The van der Waals surface area contributed by atoms with Crippen molar-refractivity contribution in [1.82, 2.24) is 0 Å². The quantitative estimate of drug-likeness (QED) is 0.430. The summed E-state index contributed by atoms with van der Waals surface area (Å²) in [5, 5.41) is 0.741. The molecule has 0 radical (unpaired) electrons. The maximum Gasteiger partial charge on any atom is 0.339 e. The van der Waals surface area contributed by atoms with Crippen LogP contribution in [0.2, 0.25) is 0 Å². The lowest BCUT2D eigenvalue weighted by Crippen LogP contribution is -2.09. The second-order valence-corrected chi connectivity index (χ2v) is 6.29. The molecular formula is C22H24O5. The molecule has 5 nitrogen and oxygen atoms in total. The molecule has 0 atom stereocenters. The molecule has 0 aliphatic carbocycles. The van der Waals surface area contributed by atoms with Crippen LogP contribution in [0.1, 0.15) is 30.9 Å². The number of hydrogen-bond acceptors (Lipinski definition) is 5. The van der Waals surface area contributed by atoms with Crippen LogP contribution in [-0.2, 0) is 6.42 Å². The van der Waals surface area contributed by atoms with Crippen molar-refractivity contribution in [2.24, 2.45) is 0 Å². The number of methoxy groups -OCH3 is 2. The summed E-state index contributed by atoms with van der Waals surface area (Å²) in [5.74, 6) is 1.99. The molecule has 27 heavy (non-hydrogen) atoms. The number of unbranched alkanes of at least 4 members (excludes halogenated alkanes) is 1. The Kier molecular flexibility index (Phi) is 6.01. The van der Waals surface area contributed by atoms with Gasteiger partial charge < -0.3 is 18.6 Å². The summed E-state index contributed by atoms with van der Waals surface area (Å²) in [5.41, 5.74) is 1.55. The third-order valence-corrected chi connectivity index (χ3v) is 4.42. The monoisotopic (exact) mass is 368 g/mol. The smallest absolute Gasteiger partial charge is 0.339 e. The van der Waals surface area contributed by atoms with Gasteiger partial charge in [0.1, 0.15) is 22.8 Å². The van der Waals surface area contributed by atoms with Crippen molar-refractivity contribution in [2.45, 2.75) is 26.2 Å². The van der Waals surface area contributed by atoms with E-state index in [1.54, 1.807) is 20.3 Å². The summed E-state index contributed by atoms with van der Waals surface area (Å²) < 4.78 is 22.2. The number of para-hydroxylation sites is 1. The molecule has 0 N–H and O–H groups in total. The Labute approximate surface area is 158 Å². The topological polar surface area (TPSA) is 57.9 Å². The summed E-state index contributed by atoms with van der Waals surface area (Å²) in [7, 11) is 3.21. The van der Waals surface area contributed by atoms with Crippen LogP contribution in [0.3, 0.4) is 0 Å². The molecule has 142 valence electrons. The minimum Gasteiger partial charge on any atom is -0.496 e. The van der Waals surface area contributed by atoms with Gasteiger partial charge in [0.25, 0.3) is 0 Å². The number of ether oxygens (including phenoxy) is 3. The van der Waals surface area contributed by atoms with E-state index in [1.807, 2.05) is 36.4 Å². The highest BCUT2D eigenvalue weighted by Gasteiger charge is 2.14. The Morgan fingerprint density at radius 2 is 1.74 bits per heavy atom. The van der Waals surface area contributed by atoms with Gasteiger partial charge in [-0.15, -0.1) is 0 Å². The zero-order valence-electron chi connectivity index (χ0n) is 15.9. The highest BCUT2D eigenvalue weighted by molar-refractivity contribution is 5.85. The molecule has 5 heteroatoms. The predicted octanol–water partition coefficient (Wildman–Crippen LogP) is 4.58. The third kappa shape index (κ3) is 4.25. The third-order valence-electron chi connectivity index (χ3n) is 4.42. The van der Waals surface area contributed by atoms with Gasteiger partial charge in [-0.2, -0.15) is 0 Å². The van der Waals surface area contributed by atoms with E-state index in [9.17, 15) is 4.79 Å². The highest BCUT2D eigenvalue weighted by Crippen LogP contribution is 2.32. The molecule has 0 spiro atoms. The minimum atomic E-state index is -0.374. The molecule has 0 aliphatic heterocycles. The fourth-order valence-electron chi connectivity index (χ4n) is 2.97. The van der Waals surface area contributed by atoms with Crippen molar-refractivity contribution in [3.8, 4) is 17.2 Å². The summed E-state index contributed by atoms with van der Waals surface area (Å²) in [6.45, 7) is 2.72. The van der Waals surface area contributed by atoms with Crippen molar-refractivity contribution in [2.75, 3.05) is 20.8 Å². The van der Waals surface area contributed by atoms with Crippen molar-refractivity contribution >= 4 is 11.0 Å². The largest absolute Gasteiger partial charge is 0.496 e. The van der Waals surface area contributed by atoms with Crippen LogP contribution < -0.4 is 19.8 Å². The van der Waals surface area contributed by atoms with Crippen molar-refractivity contribution in [1.29, 1.82) is 0 Å². The van der Waals surface area contributed by atoms with E-state index in [4.69, 9.17) is 18.6 Å². The second kappa shape index (κ2) is 8.62. The summed E-state index contributed by atoms with van der Waals surface area (Å²) in [6, 6.07) is 13.0. The molecule has 0 amide bonds. The van der Waals surface area contributed by atoms with Crippen molar-refractivity contribution in [3.05, 3.63) is 64.0 Å². The van der Waals surface area contributed by atoms with Crippen molar-refractivity contribution < 1.29 is 18.6 Å². The van der Waals surface area contributed by atoms with Gasteiger partial charge in [0, 0.05) is 24.1 Å². The Balaban J connectivity index is 2.00. The van der Waals surface area contributed by atoms with E-state index in [1.165, 1.54) is 0 Å². The van der Waals surface area contributed by atoms with E-state index >= 15 is 0 Å². The first-order chi connectivity index (χ1) is 13.2. The predicted molar refractivity (Wildman–Crippen MR) is 105 cm³/mol. The first-order valence-corrected chi connectivity index (χ1v) is 9.05. The lowest BCUT2D eigenvalue weighted by Gasteiger charge is -2.11. The molecule has 1 heterocycles. The maximum atomic E-state index is 12.5. The number of benzene rings is 2. The van der Waals surface area contributed by atoms with Crippen LogP contribution in [0.15, 0.2) is 51.7 Å². The minimum absolute atomic E-state index is 0.374. The van der Waals surface area contributed by atoms with Gasteiger partial charge in [-0.05, 0) is 24.1 Å². The molecule has 2 aromatic carbocycles. The Bertz CT molecular complexity index is 974. The molecule has 0 aliphatic rings. The Hall–Kier alpha value is -2.95. The molecule has 3 aromatic rings. The van der Waals surface area contributed by atoms with Gasteiger partial charge in [-0.1, -0.05) is 31.5 Å². The van der Waals surface area contributed by atoms with Crippen LogP contribution in [0.4, 0.5) is 0 Å². The average Bonchev–Trinajstić information content (AvgIpc) is 2.68. The zero-order chi connectivity index (χ0) is 19.2. The Morgan fingerprint density at radius 3 is 2.48 bits per heavy atom. The second-order valence-electron chi connectivity index (χ2n) is 6.29. The van der Waals surface area contributed by atoms with E-state index < -0.39 is 0 Å². The molecule has 0 saturated heterocycles. The zero-order valence-corrected chi connectivity index (χ0v) is 15.9. The highest BCUT2D eigenvalue weighted by atomic mass is 16.5. The van der Waals surface area contributed by atoms with E-state index in [2.05, 4.69) is 6.92 Å². The van der Waals surface area contributed by atoms with Gasteiger partial charge in [-0.25, -0.2) is 4.79 Å². The Morgan fingerprint density at radius 1 is 0.963 bits per heavy atom. The molecule has 0 unspecified atom stereocenters. The van der Waals surface area contributed by atoms with Crippen LogP contribution in [0, 0.1) is 0 Å². The van der Waals surface area contributed by atoms with E-state index in [-0.39, 0.29) is 5.63 Å². The number of fused-ring (bicyclic) bond motifs is 1. The summed E-state index contributed by atoms with van der Waals surface area (Å²) in [4.78, 5) is 12.5. The number of hydrogen-bond donors (Lipinski definition) is 0. The first-order valence-electron chi connectivity index (χ1n) is 9.05. The molecule has 0 bridgehead atoms. The summed E-state index contributed by atoms with van der Waals surface area (Å²) in [6.07, 6.45) is 2.43. The van der Waals surface area contributed by atoms with Gasteiger partial charge in [-0.3, -0.25) is 0 Å². The van der Waals surface area contributed by atoms with Crippen LogP contribution in [-0.4, -0.2) is 20.8 Å². The van der Waals surface area contributed by atoms with E-state index in [0.29, 0.717) is 35.7 Å². The maximum absolute atomic E-state index is 12.5. The molecule has 1 aromatic heterocycles. The lowest BCUT2D eigenvalue weighted by molar-refractivity contribution is 0.307. The standard InChI is InChI=1S/C22H24O5/c1-4-5-10-26-17-13-20(25-3)18-12-16(22(23)27-21(18)14-17)11-15-8-6-7-9-19(15)24-2/h6-9,12-14H,4-5,10-11H2,1-3H3. The SMILES string of the molecule is CCCCOc1cc(OC)c2cc(Cc3ccccc3OC)c(=O)oc2c1. The summed E-state index contributed by atoms with van der Waals surface area (Å²) >= 11 is 0. The molecular weight excluding hydrogens is 344 g/mol. The fraction of sp³-hybridized carbons (Fsp3) is 0.318. The van der Waals surface area contributed by atoms with Crippen LogP contribution in [0.25, 0.3) is 11.0 Å². The first kappa shape index (κ1) is 18.8. The molecule has 3 rings (SSSR count). The van der Waals surface area contributed by atoms with Gasteiger partial charge in [0.05, 0.1) is 26.2 Å². The fourth-order valence-corrected chi connectivity index (χ4v) is 2.97. The van der Waals surface area contributed by atoms with Crippen molar-refractivity contribution in [3.63, 3.8) is 0 Å². The normalized spacial score (nSPS) is 10.8. The lowest BCUT2D eigenvalue weighted by atomic mass is 10.0.